The highest BCUT2D eigenvalue weighted by atomic mass is 16.5. The van der Waals surface area contributed by atoms with E-state index >= 15 is 0 Å². The van der Waals surface area contributed by atoms with Gasteiger partial charge in [-0.3, -0.25) is 9.59 Å². The molecular weight excluding hydrogens is 220 g/mol. The number of rotatable bonds is 4. The van der Waals surface area contributed by atoms with E-state index in [0.29, 0.717) is 0 Å². The van der Waals surface area contributed by atoms with Gasteiger partial charge in [0.2, 0.25) is 5.91 Å². The first kappa shape index (κ1) is 14.0. The van der Waals surface area contributed by atoms with Crippen molar-refractivity contribution in [3.05, 3.63) is 0 Å². The Balaban J connectivity index is 2.69. The van der Waals surface area contributed by atoms with Crippen LogP contribution >= 0.6 is 0 Å². The first-order valence-electron chi connectivity index (χ1n) is 6.10. The summed E-state index contributed by atoms with van der Waals surface area (Å²) in [7, 11) is 1.33. The third kappa shape index (κ3) is 3.43. The molecule has 1 aliphatic rings. The minimum absolute atomic E-state index is 0.0101. The van der Waals surface area contributed by atoms with Crippen molar-refractivity contribution in [3.63, 3.8) is 0 Å². The van der Waals surface area contributed by atoms with Crippen LogP contribution in [0.2, 0.25) is 0 Å². The number of carbonyl (C=O) groups is 2. The molecule has 0 heterocycles. The lowest BCUT2D eigenvalue weighted by molar-refractivity contribution is -0.150. The predicted molar refractivity (Wildman–Crippen MR) is 64.2 cm³/mol. The zero-order chi connectivity index (χ0) is 13.0. The number of hydrogen-bond acceptors (Lipinski definition) is 4. The molecule has 1 fully saturated rings. The number of methoxy groups -OCH3 is 1. The van der Waals surface area contributed by atoms with Gasteiger partial charge in [0.15, 0.2) is 0 Å². The molecular formula is C12H22N2O3. The minimum atomic E-state index is -0.390. The third-order valence-electron chi connectivity index (χ3n) is 3.32. The average molecular weight is 242 g/mol. The zero-order valence-electron chi connectivity index (χ0n) is 10.8. The lowest BCUT2D eigenvalue weighted by atomic mass is 10.0. The topological polar surface area (TPSA) is 72.6 Å². The SMILES string of the molecule is COC(=O)CN(C(=O)C1CCCC1N)C(C)C. The molecule has 0 radical (unpaired) electrons. The van der Waals surface area contributed by atoms with Crippen molar-refractivity contribution in [1.29, 1.82) is 0 Å². The van der Waals surface area contributed by atoms with Crippen LogP contribution in [0.3, 0.4) is 0 Å². The maximum atomic E-state index is 12.3. The van der Waals surface area contributed by atoms with Crippen LogP contribution in [0.15, 0.2) is 0 Å². The van der Waals surface area contributed by atoms with Crippen LogP contribution in [0.5, 0.6) is 0 Å². The van der Waals surface area contributed by atoms with Crippen molar-refractivity contribution < 1.29 is 14.3 Å². The molecule has 0 saturated heterocycles. The highest BCUT2D eigenvalue weighted by Gasteiger charge is 2.34. The maximum Gasteiger partial charge on any atom is 0.325 e. The second kappa shape index (κ2) is 6.00. The molecule has 17 heavy (non-hydrogen) atoms. The van der Waals surface area contributed by atoms with Gasteiger partial charge in [-0.25, -0.2) is 0 Å². The van der Waals surface area contributed by atoms with Gasteiger partial charge in [0.1, 0.15) is 6.54 Å². The zero-order valence-corrected chi connectivity index (χ0v) is 10.8. The first-order chi connectivity index (χ1) is 7.97. The molecule has 2 atom stereocenters. The number of esters is 1. The van der Waals surface area contributed by atoms with Gasteiger partial charge in [-0.1, -0.05) is 6.42 Å². The molecule has 98 valence electrons. The fraction of sp³-hybridized carbons (Fsp3) is 0.833. The quantitative estimate of drug-likeness (QED) is 0.730. The third-order valence-corrected chi connectivity index (χ3v) is 3.32. The molecule has 2 unspecified atom stereocenters. The summed E-state index contributed by atoms with van der Waals surface area (Å²) in [6.07, 6.45) is 2.70. The Bertz CT molecular complexity index is 291. The van der Waals surface area contributed by atoms with Gasteiger partial charge in [-0.15, -0.1) is 0 Å². The average Bonchev–Trinajstić information content (AvgIpc) is 2.70. The van der Waals surface area contributed by atoms with E-state index in [2.05, 4.69) is 4.74 Å². The summed E-state index contributed by atoms with van der Waals surface area (Å²) in [4.78, 5) is 25.1. The normalized spacial score (nSPS) is 23.8. The van der Waals surface area contributed by atoms with Crippen molar-refractivity contribution in [1.82, 2.24) is 4.90 Å². The molecule has 0 aromatic heterocycles. The van der Waals surface area contributed by atoms with Crippen LogP contribution in [0.1, 0.15) is 33.1 Å². The van der Waals surface area contributed by atoms with Crippen LogP contribution in [0.4, 0.5) is 0 Å². The van der Waals surface area contributed by atoms with Crippen LogP contribution in [0.25, 0.3) is 0 Å². The fourth-order valence-electron chi connectivity index (χ4n) is 2.23. The Morgan fingerprint density at radius 1 is 1.41 bits per heavy atom. The molecule has 1 aliphatic carbocycles. The summed E-state index contributed by atoms with van der Waals surface area (Å²) in [5, 5.41) is 0. The van der Waals surface area contributed by atoms with Crippen molar-refractivity contribution in [3.8, 4) is 0 Å². The molecule has 0 spiro atoms. The first-order valence-corrected chi connectivity index (χ1v) is 6.10. The van der Waals surface area contributed by atoms with Gasteiger partial charge in [0, 0.05) is 12.1 Å². The van der Waals surface area contributed by atoms with E-state index in [0.717, 1.165) is 19.3 Å². The molecule has 0 bridgehead atoms. The Morgan fingerprint density at radius 2 is 2.06 bits per heavy atom. The van der Waals surface area contributed by atoms with E-state index in [9.17, 15) is 9.59 Å². The second-order valence-electron chi connectivity index (χ2n) is 4.84. The maximum absolute atomic E-state index is 12.3. The summed E-state index contributed by atoms with van der Waals surface area (Å²) in [6.45, 7) is 3.79. The van der Waals surface area contributed by atoms with E-state index in [1.165, 1.54) is 7.11 Å². The highest BCUT2D eigenvalue weighted by molar-refractivity contribution is 5.84. The molecule has 1 rings (SSSR count). The number of carbonyl (C=O) groups excluding carboxylic acids is 2. The van der Waals surface area contributed by atoms with Gasteiger partial charge in [-0.2, -0.15) is 0 Å². The van der Waals surface area contributed by atoms with E-state index in [-0.39, 0.29) is 30.5 Å². The largest absolute Gasteiger partial charge is 0.468 e. The molecule has 0 aromatic rings. The lowest BCUT2D eigenvalue weighted by Gasteiger charge is -2.29. The summed E-state index contributed by atoms with van der Waals surface area (Å²) in [6, 6.07) is -0.0872. The molecule has 5 heteroatoms. The van der Waals surface area contributed by atoms with Crippen molar-refractivity contribution in [2.45, 2.75) is 45.2 Å². The Kier molecular flexibility index (Phi) is 4.93. The number of amides is 1. The Morgan fingerprint density at radius 3 is 2.47 bits per heavy atom. The van der Waals surface area contributed by atoms with E-state index in [4.69, 9.17) is 5.73 Å². The monoisotopic (exact) mass is 242 g/mol. The molecule has 0 aromatic carbocycles. The standard InChI is InChI=1S/C12H22N2O3/c1-8(2)14(7-11(15)17-3)12(16)9-5-4-6-10(9)13/h8-10H,4-7,13H2,1-3H3. The van der Waals surface area contributed by atoms with Gasteiger partial charge in [0.25, 0.3) is 0 Å². The number of ether oxygens (including phenoxy) is 1. The summed E-state index contributed by atoms with van der Waals surface area (Å²) in [5.74, 6) is -0.545. The van der Waals surface area contributed by atoms with Crippen LogP contribution in [-0.4, -0.2) is 42.5 Å². The Hall–Kier alpha value is -1.10. The van der Waals surface area contributed by atoms with Gasteiger partial charge in [-0.05, 0) is 26.7 Å². The minimum Gasteiger partial charge on any atom is -0.468 e. The van der Waals surface area contributed by atoms with E-state index < -0.39 is 5.97 Å². The lowest BCUT2D eigenvalue weighted by Crippen LogP contribution is -2.47. The number of nitrogens with zero attached hydrogens (tertiary/aromatic N) is 1. The highest BCUT2D eigenvalue weighted by Crippen LogP contribution is 2.26. The van der Waals surface area contributed by atoms with Crippen molar-refractivity contribution >= 4 is 11.9 Å². The summed E-state index contributed by atoms with van der Waals surface area (Å²) >= 11 is 0. The molecule has 1 amide bonds. The molecule has 1 saturated carbocycles. The summed E-state index contributed by atoms with van der Waals surface area (Å²) < 4.78 is 4.61. The number of nitrogens with two attached hydrogens (primary N) is 1. The van der Waals surface area contributed by atoms with E-state index in [1.54, 1.807) is 4.90 Å². The molecule has 2 N–H and O–H groups in total. The molecule has 5 nitrogen and oxygen atoms in total. The predicted octanol–water partition coefficient (Wildman–Crippen LogP) is 0.524. The fourth-order valence-corrected chi connectivity index (χ4v) is 2.23. The van der Waals surface area contributed by atoms with Crippen molar-refractivity contribution in [2.75, 3.05) is 13.7 Å². The van der Waals surface area contributed by atoms with Crippen LogP contribution in [0, 0.1) is 5.92 Å². The Labute approximate surface area is 102 Å². The van der Waals surface area contributed by atoms with Crippen LogP contribution in [-0.2, 0) is 14.3 Å². The van der Waals surface area contributed by atoms with Crippen LogP contribution < -0.4 is 5.73 Å². The van der Waals surface area contributed by atoms with Gasteiger partial charge in [0.05, 0.1) is 13.0 Å². The molecule has 0 aliphatic heterocycles. The number of hydrogen-bond donors (Lipinski definition) is 1. The smallest absolute Gasteiger partial charge is 0.325 e. The second-order valence-corrected chi connectivity index (χ2v) is 4.84. The van der Waals surface area contributed by atoms with E-state index in [1.807, 2.05) is 13.8 Å². The van der Waals surface area contributed by atoms with Gasteiger partial charge < -0.3 is 15.4 Å². The van der Waals surface area contributed by atoms with Gasteiger partial charge >= 0.3 is 5.97 Å². The van der Waals surface area contributed by atoms with Crippen molar-refractivity contribution in [2.24, 2.45) is 11.7 Å². The summed E-state index contributed by atoms with van der Waals surface area (Å²) in [5.41, 5.74) is 5.92.